The van der Waals surface area contributed by atoms with E-state index in [4.69, 9.17) is 0 Å². The average Bonchev–Trinajstić information content (AvgIpc) is 2.33. The Hall–Kier alpha value is -1.05. The third-order valence-electron chi connectivity index (χ3n) is 3.53. The zero-order chi connectivity index (χ0) is 12.6. The molecule has 16 heavy (non-hydrogen) atoms. The quantitative estimate of drug-likeness (QED) is 0.456. The summed E-state index contributed by atoms with van der Waals surface area (Å²) in [6.07, 6.45) is 6.46. The van der Waals surface area contributed by atoms with Gasteiger partial charge in [-0.1, -0.05) is 46.3 Å². The topological polar surface area (TPSA) is 20.3 Å². The molecule has 0 aliphatic carbocycles. The van der Waals surface area contributed by atoms with E-state index in [2.05, 4.69) is 33.9 Å². The van der Waals surface area contributed by atoms with Crippen LogP contribution >= 0.6 is 0 Å². The largest absolute Gasteiger partial charge is 0.335 e. The number of amides is 1. The summed E-state index contributed by atoms with van der Waals surface area (Å²) in [6.45, 7) is 15.3. The third kappa shape index (κ3) is 4.65. The van der Waals surface area contributed by atoms with Crippen molar-refractivity contribution in [3.63, 3.8) is 0 Å². The van der Waals surface area contributed by atoms with Crippen molar-refractivity contribution in [2.45, 2.75) is 40.0 Å². The maximum atomic E-state index is 11.6. The molecule has 0 heterocycles. The average molecular weight is 223 g/mol. The first kappa shape index (κ1) is 14.9. The fraction of sp³-hybridized carbons (Fsp3) is 0.643. The van der Waals surface area contributed by atoms with E-state index in [0.29, 0.717) is 12.0 Å². The van der Waals surface area contributed by atoms with Crippen LogP contribution in [0.15, 0.2) is 25.3 Å². The molecule has 0 unspecified atom stereocenters. The molecule has 2 heteroatoms. The first-order chi connectivity index (χ1) is 7.52. The Balaban J connectivity index is 4.35. The zero-order valence-electron chi connectivity index (χ0n) is 11.0. The molecule has 0 N–H and O–H groups in total. The number of carbonyl (C=O) groups is 1. The zero-order valence-corrected chi connectivity index (χ0v) is 11.0. The molecule has 2 nitrogen and oxygen atoms in total. The van der Waals surface area contributed by atoms with Crippen LogP contribution in [-0.4, -0.2) is 23.9 Å². The van der Waals surface area contributed by atoms with E-state index >= 15 is 0 Å². The van der Waals surface area contributed by atoms with Gasteiger partial charge in [0.15, 0.2) is 0 Å². The van der Waals surface area contributed by atoms with Gasteiger partial charge in [-0.2, -0.15) is 0 Å². The van der Waals surface area contributed by atoms with E-state index in [-0.39, 0.29) is 5.91 Å². The number of nitrogens with zero attached hydrogens (tertiary/aromatic N) is 1. The van der Waals surface area contributed by atoms with Crippen molar-refractivity contribution < 1.29 is 4.79 Å². The molecule has 0 spiro atoms. The molecule has 0 aromatic heterocycles. The van der Waals surface area contributed by atoms with Gasteiger partial charge in [-0.3, -0.25) is 4.79 Å². The van der Waals surface area contributed by atoms with Crippen LogP contribution in [0.25, 0.3) is 0 Å². The second-order valence-corrected chi connectivity index (χ2v) is 4.54. The molecular formula is C14H25NO. The number of hydrogen-bond donors (Lipinski definition) is 0. The van der Waals surface area contributed by atoms with Gasteiger partial charge in [-0.05, 0) is 17.9 Å². The second kappa shape index (κ2) is 7.26. The Morgan fingerprint density at radius 1 is 1.31 bits per heavy atom. The second-order valence-electron chi connectivity index (χ2n) is 4.54. The summed E-state index contributed by atoms with van der Waals surface area (Å²) in [5, 5.41) is 0. The van der Waals surface area contributed by atoms with Crippen LogP contribution in [0.5, 0.6) is 0 Å². The lowest BCUT2D eigenvalue weighted by Crippen LogP contribution is -2.33. The summed E-state index contributed by atoms with van der Waals surface area (Å²) in [4.78, 5) is 13.4. The van der Waals surface area contributed by atoms with Crippen molar-refractivity contribution in [2.75, 3.05) is 13.1 Å². The summed E-state index contributed by atoms with van der Waals surface area (Å²) in [5.74, 6) is -0.00513. The van der Waals surface area contributed by atoms with E-state index in [1.807, 2.05) is 0 Å². The van der Waals surface area contributed by atoms with Crippen LogP contribution in [0, 0.1) is 5.41 Å². The van der Waals surface area contributed by atoms with Gasteiger partial charge in [0.2, 0.25) is 5.91 Å². The Labute approximate surface area is 100 Å². The lowest BCUT2D eigenvalue weighted by molar-refractivity contribution is -0.125. The molecule has 0 aliphatic heterocycles. The van der Waals surface area contributed by atoms with E-state index in [9.17, 15) is 4.79 Å². The van der Waals surface area contributed by atoms with Crippen molar-refractivity contribution in [3.8, 4) is 0 Å². The lowest BCUT2D eigenvalue weighted by Gasteiger charge is -2.30. The smallest absolute Gasteiger partial charge is 0.246 e. The summed E-state index contributed by atoms with van der Waals surface area (Å²) < 4.78 is 0. The molecule has 0 rings (SSSR count). The normalized spacial score (nSPS) is 10.9. The van der Waals surface area contributed by atoms with Crippen LogP contribution in [0.2, 0.25) is 0 Å². The molecule has 0 aromatic rings. The fourth-order valence-electron chi connectivity index (χ4n) is 1.58. The Kier molecular flexibility index (Phi) is 6.78. The van der Waals surface area contributed by atoms with Crippen LogP contribution < -0.4 is 0 Å². The van der Waals surface area contributed by atoms with Gasteiger partial charge in [0.05, 0.1) is 0 Å². The van der Waals surface area contributed by atoms with E-state index in [1.54, 1.807) is 11.0 Å². The van der Waals surface area contributed by atoms with Gasteiger partial charge in [0.25, 0.3) is 0 Å². The highest BCUT2D eigenvalue weighted by Gasteiger charge is 2.21. The summed E-state index contributed by atoms with van der Waals surface area (Å²) in [7, 11) is 0. The molecule has 0 atom stereocenters. The minimum absolute atomic E-state index is 0.00513. The van der Waals surface area contributed by atoms with E-state index < -0.39 is 0 Å². The SMILES string of the molecule is C=CCN(CCC(C)(CC)CC)C(=O)C=C. The maximum absolute atomic E-state index is 11.6. The number of carbonyl (C=O) groups excluding carboxylic acids is 1. The highest BCUT2D eigenvalue weighted by Crippen LogP contribution is 2.29. The van der Waals surface area contributed by atoms with Crippen molar-refractivity contribution in [1.82, 2.24) is 4.90 Å². The first-order valence-electron chi connectivity index (χ1n) is 6.05. The third-order valence-corrected chi connectivity index (χ3v) is 3.53. The van der Waals surface area contributed by atoms with Gasteiger partial charge in [-0.25, -0.2) is 0 Å². The Morgan fingerprint density at radius 3 is 2.25 bits per heavy atom. The van der Waals surface area contributed by atoms with Crippen molar-refractivity contribution in [1.29, 1.82) is 0 Å². The molecule has 0 saturated heterocycles. The van der Waals surface area contributed by atoms with Gasteiger partial charge in [-0.15, -0.1) is 6.58 Å². The minimum atomic E-state index is -0.00513. The van der Waals surface area contributed by atoms with Crippen LogP contribution in [0.1, 0.15) is 40.0 Å². The molecular weight excluding hydrogens is 198 g/mol. The van der Waals surface area contributed by atoms with Crippen LogP contribution in [0.4, 0.5) is 0 Å². The Morgan fingerprint density at radius 2 is 1.88 bits per heavy atom. The Bertz CT molecular complexity index is 241. The van der Waals surface area contributed by atoms with Gasteiger partial charge < -0.3 is 4.90 Å². The summed E-state index contributed by atoms with van der Waals surface area (Å²) >= 11 is 0. The standard InChI is InChI=1S/C14H25NO/c1-6-11-15(13(16)7-2)12-10-14(5,8-3)9-4/h6-7H,1-2,8-12H2,3-5H3. The molecule has 0 bridgehead atoms. The van der Waals surface area contributed by atoms with Crippen molar-refractivity contribution in [2.24, 2.45) is 5.41 Å². The van der Waals surface area contributed by atoms with Crippen LogP contribution in [-0.2, 0) is 4.79 Å². The monoisotopic (exact) mass is 223 g/mol. The van der Waals surface area contributed by atoms with E-state index in [0.717, 1.165) is 25.8 Å². The molecule has 92 valence electrons. The fourth-order valence-corrected chi connectivity index (χ4v) is 1.58. The summed E-state index contributed by atoms with van der Waals surface area (Å²) in [6, 6.07) is 0. The predicted octanol–water partition coefficient (Wildman–Crippen LogP) is 3.40. The first-order valence-corrected chi connectivity index (χ1v) is 6.05. The minimum Gasteiger partial charge on any atom is -0.335 e. The van der Waals surface area contributed by atoms with Gasteiger partial charge in [0, 0.05) is 13.1 Å². The van der Waals surface area contributed by atoms with Crippen molar-refractivity contribution >= 4 is 5.91 Å². The molecule has 0 aromatic carbocycles. The maximum Gasteiger partial charge on any atom is 0.246 e. The molecule has 0 saturated carbocycles. The molecule has 1 amide bonds. The predicted molar refractivity (Wildman–Crippen MR) is 70.3 cm³/mol. The number of rotatable bonds is 8. The molecule has 0 radical (unpaired) electrons. The van der Waals surface area contributed by atoms with Crippen LogP contribution in [0.3, 0.4) is 0 Å². The summed E-state index contributed by atoms with van der Waals surface area (Å²) in [5.41, 5.74) is 0.334. The molecule has 0 fully saturated rings. The highest BCUT2D eigenvalue weighted by molar-refractivity contribution is 5.87. The number of hydrogen-bond acceptors (Lipinski definition) is 1. The molecule has 0 aliphatic rings. The van der Waals surface area contributed by atoms with Crippen molar-refractivity contribution in [3.05, 3.63) is 25.3 Å². The van der Waals surface area contributed by atoms with Gasteiger partial charge in [0.1, 0.15) is 0 Å². The van der Waals surface area contributed by atoms with E-state index in [1.165, 1.54) is 6.08 Å². The lowest BCUT2D eigenvalue weighted by atomic mass is 9.81. The van der Waals surface area contributed by atoms with Gasteiger partial charge >= 0.3 is 0 Å². The highest BCUT2D eigenvalue weighted by atomic mass is 16.2.